The minimum atomic E-state index is -0.0870. The molecule has 0 aliphatic heterocycles. The van der Waals surface area contributed by atoms with E-state index in [2.05, 4.69) is 16.1 Å². The van der Waals surface area contributed by atoms with Crippen molar-refractivity contribution in [1.82, 2.24) is 9.88 Å². The highest BCUT2D eigenvalue weighted by Crippen LogP contribution is 2.17. The summed E-state index contributed by atoms with van der Waals surface area (Å²) in [6, 6.07) is 1.93. The van der Waals surface area contributed by atoms with Crippen LogP contribution in [-0.2, 0) is 6.54 Å². The number of anilines is 1. The van der Waals surface area contributed by atoms with Gasteiger partial charge in [-0.1, -0.05) is 0 Å². The lowest BCUT2D eigenvalue weighted by Crippen LogP contribution is -2.25. The summed E-state index contributed by atoms with van der Waals surface area (Å²) in [6.45, 7) is 6.66. The molecular formula is C14H19N3OS. The minimum absolute atomic E-state index is 0.0870. The van der Waals surface area contributed by atoms with Crippen molar-refractivity contribution in [2.24, 2.45) is 0 Å². The molecule has 2 aromatic rings. The van der Waals surface area contributed by atoms with Crippen molar-refractivity contribution >= 4 is 22.9 Å². The number of rotatable bonds is 4. The number of aryl methyl sites for hydroxylation is 1. The number of amides is 1. The molecule has 2 rings (SSSR count). The van der Waals surface area contributed by atoms with Crippen LogP contribution in [-0.4, -0.2) is 10.5 Å². The van der Waals surface area contributed by atoms with Crippen LogP contribution in [0.15, 0.2) is 23.0 Å². The van der Waals surface area contributed by atoms with Gasteiger partial charge in [-0.05, 0) is 48.7 Å². The first-order valence-corrected chi connectivity index (χ1v) is 7.20. The predicted octanol–water partition coefficient (Wildman–Crippen LogP) is 2.95. The lowest BCUT2D eigenvalue weighted by atomic mass is 10.2. The molecule has 0 saturated heterocycles. The van der Waals surface area contributed by atoms with Crippen LogP contribution >= 0.6 is 11.3 Å². The van der Waals surface area contributed by atoms with Crippen molar-refractivity contribution in [3.8, 4) is 0 Å². The first-order chi connectivity index (χ1) is 8.99. The second-order valence-corrected chi connectivity index (χ2v) is 5.67. The van der Waals surface area contributed by atoms with E-state index in [4.69, 9.17) is 5.73 Å². The van der Waals surface area contributed by atoms with Gasteiger partial charge in [0, 0.05) is 18.8 Å². The van der Waals surface area contributed by atoms with Crippen LogP contribution in [0.2, 0.25) is 0 Å². The molecular weight excluding hydrogens is 258 g/mol. The fourth-order valence-electron chi connectivity index (χ4n) is 1.94. The van der Waals surface area contributed by atoms with Crippen LogP contribution in [0.3, 0.4) is 0 Å². The van der Waals surface area contributed by atoms with E-state index in [1.165, 1.54) is 5.56 Å². The molecule has 0 aromatic carbocycles. The third-order valence-electron chi connectivity index (χ3n) is 3.06. The zero-order valence-electron chi connectivity index (χ0n) is 11.4. The van der Waals surface area contributed by atoms with Gasteiger partial charge in [-0.3, -0.25) is 4.79 Å². The van der Waals surface area contributed by atoms with Crippen LogP contribution in [0.4, 0.5) is 5.69 Å². The Morgan fingerprint density at radius 3 is 2.79 bits per heavy atom. The molecule has 4 nitrogen and oxygen atoms in total. The molecule has 2 aromatic heterocycles. The zero-order chi connectivity index (χ0) is 14.0. The Morgan fingerprint density at radius 1 is 1.47 bits per heavy atom. The third-order valence-corrected chi connectivity index (χ3v) is 3.97. The quantitative estimate of drug-likeness (QED) is 0.902. The summed E-state index contributed by atoms with van der Waals surface area (Å²) in [5.74, 6) is -0.0870. The predicted molar refractivity (Wildman–Crippen MR) is 79.5 cm³/mol. The molecule has 3 N–H and O–H groups in total. The van der Waals surface area contributed by atoms with Crippen LogP contribution in [0.5, 0.6) is 0 Å². The molecule has 0 fully saturated rings. The van der Waals surface area contributed by atoms with Gasteiger partial charge in [0.25, 0.3) is 5.91 Å². The Hall–Kier alpha value is -1.75. The highest BCUT2D eigenvalue weighted by molar-refractivity contribution is 7.08. The van der Waals surface area contributed by atoms with Gasteiger partial charge in [-0.15, -0.1) is 0 Å². The SMILES string of the molecule is Cc1cscc1CNC(=O)c1cc(N)cn1C(C)C. The van der Waals surface area contributed by atoms with E-state index in [-0.39, 0.29) is 11.9 Å². The maximum absolute atomic E-state index is 12.2. The van der Waals surface area contributed by atoms with Crippen molar-refractivity contribution in [3.05, 3.63) is 39.8 Å². The smallest absolute Gasteiger partial charge is 0.268 e. The van der Waals surface area contributed by atoms with E-state index in [9.17, 15) is 4.79 Å². The molecule has 0 aliphatic carbocycles. The summed E-state index contributed by atoms with van der Waals surface area (Å²) in [5.41, 5.74) is 9.37. The summed E-state index contributed by atoms with van der Waals surface area (Å²) in [6.07, 6.45) is 1.80. The Balaban J connectivity index is 2.10. The highest BCUT2D eigenvalue weighted by Gasteiger charge is 2.14. The molecule has 0 radical (unpaired) electrons. The third kappa shape index (κ3) is 2.98. The number of nitrogens with zero attached hydrogens (tertiary/aromatic N) is 1. The topological polar surface area (TPSA) is 60.1 Å². The van der Waals surface area contributed by atoms with Crippen molar-refractivity contribution in [1.29, 1.82) is 0 Å². The normalized spacial score (nSPS) is 10.9. The van der Waals surface area contributed by atoms with E-state index in [1.807, 2.05) is 25.3 Å². The van der Waals surface area contributed by atoms with Crippen molar-refractivity contribution in [2.75, 3.05) is 5.73 Å². The number of nitrogens with two attached hydrogens (primary N) is 1. The lowest BCUT2D eigenvalue weighted by Gasteiger charge is -2.12. The molecule has 0 aliphatic rings. The molecule has 102 valence electrons. The Kier molecular flexibility index (Phi) is 3.95. The first-order valence-electron chi connectivity index (χ1n) is 6.26. The van der Waals surface area contributed by atoms with Crippen LogP contribution in [0.25, 0.3) is 0 Å². The number of nitrogen functional groups attached to an aromatic ring is 1. The fraction of sp³-hybridized carbons (Fsp3) is 0.357. The maximum atomic E-state index is 12.2. The van der Waals surface area contributed by atoms with Crippen LogP contribution < -0.4 is 11.1 Å². The highest BCUT2D eigenvalue weighted by atomic mass is 32.1. The molecule has 0 saturated carbocycles. The summed E-state index contributed by atoms with van der Waals surface area (Å²) < 4.78 is 1.89. The van der Waals surface area contributed by atoms with Crippen molar-refractivity contribution < 1.29 is 4.79 Å². The summed E-state index contributed by atoms with van der Waals surface area (Å²) >= 11 is 1.65. The largest absolute Gasteiger partial charge is 0.397 e. The Morgan fingerprint density at radius 2 is 2.21 bits per heavy atom. The van der Waals surface area contributed by atoms with E-state index < -0.39 is 0 Å². The van der Waals surface area contributed by atoms with E-state index >= 15 is 0 Å². The number of hydrogen-bond acceptors (Lipinski definition) is 3. The van der Waals surface area contributed by atoms with Crippen molar-refractivity contribution in [3.63, 3.8) is 0 Å². The number of hydrogen-bond donors (Lipinski definition) is 2. The fourth-order valence-corrected chi connectivity index (χ4v) is 2.80. The number of carbonyl (C=O) groups excluding carboxylic acids is 1. The number of carbonyl (C=O) groups is 1. The molecule has 1 amide bonds. The van der Waals surface area contributed by atoms with Gasteiger partial charge in [-0.2, -0.15) is 11.3 Å². The number of aromatic nitrogens is 1. The van der Waals surface area contributed by atoms with Gasteiger partial charge in [-0.25, -0.2) is 0 Å². The van der Waals surface area contributed by atoms with Gasteiger partial charge in [0.1, 0.15) is 5.69 Å². The summed E-state index contributed by atoms with van der Waals surface area (Å²) in [7, 11) is 0. The lowest BCUT2D eigenvalue weighted by molar-refractivity contribution is 0.0940. The monoisotopic (exact) mass is 277 g/mol. The second-order valence-electron chi connectivity index (χ2n) is 4.92. The average molecular weight is 277 g/mol. The van der Waals surface area contributed by atoms with E-state index in [0.29, 0.717) is 17.9 Å². The maximum Gasteiger partial charge on any atom is 0.268 e. The average Bonchev–Trinajstić information content (AvgIpc) is 2.92. The van der Waals surface area contributed by atoms with Crippen LogP contribution in [0, 0.1) is 6.92 Å². The Labute approximate surface area is 117 Å². The summed E-state index contributed by atoms with van der Waals surface area (Å²) in [5, 5.41) is 7.08. The molecule has 0 spiro atoms. The Bertz CT molecular complexity index is 583. The molecule has 0 atom stereocenters. The minimum Gasteiger partial charge on any atom is -0.397 e. The van der Waals surface area contributed by atoms with Gasteiger partial charge in [0.2, 0.25) is 0 Å². The summed E-state index contributed by atoms with van der Waals surface area (Å²) in [4.78, 5) is 12.2. The van der Waals surface area contributed by atoms with Gasteiger partial charge in [0.05, 0.1) is 5.69 Å². The molecule has 0 bridgehead atoms. The van der Waals surface area contributed by atoms with E-state index in [0.717, 1.165) is 5.56 Å². The molecule has 19 heavy (non-hydrogen) atoms. The van der Waals surface area contributed by atoms with E-state index in [1.54, 1.807) is 23.6 Å². The molecule has 0 unspecified atom stereocenters. The molecule has 2 heterocycles. The van der Waals surface area contributed by atoms with Crippen molar-refractivity contribution in [2.45, 2.75) is 33.4 Å². The van der Waals surface area contributed by atoms with Gasteiger partial charge < -0.3 is 15.6 Å². The van der Waals surface area contributed by atoms with Gasteiger partial charge in [0.15, 0.2) is 0 Å². The zero-order valence-corrected chi connectivity index (χ0v) is 12.3. The molecule has 5 heteroatoms. The number of nitrogens with one attached hydrogen (secondary N) is 1. The number of thiophene rings is 1. The second kappa shape index (κ2) is 5.48. The van der Waals surface area contributed by atoms with Gasteiger partial charge >= 0.3 is 0 Å². The standard InChI is InChI=1S/C14H19N3OS/c1-9(2)17-6-12(15)4-13(17)14(18)16-5-11-8-19-7-10(11)3/h4,6-9H,5,15H2,1-3H3,(H,16,18). The van der Waals surface area contributed by atoms with Crippen LogP contribution in [0.1, 0.15) is 41.5 Å². The first kappa shape index (κ1) is 13.7.